The van der Waals surface area contributed by atoms with Crippen LogP contribution < -0.4 is 0 Å². The van der Waals surface area contributed by atoms with Gasteiger partial charge in [-0.1, -0.05) is 24.3 Å². The molecule has 0 aliphatic carbocycles. The molecule has 0 saturated carbocycles. The fraction of sp³-hybridized carbons (Fsp3) is 0.143. The highest BCUT2D eigenvalue weighted by Gasteiger charge is 2.30. The quantitative estimate of drug-likeness (QED) is 0.720. The summed E-state index contributed by atoms with van der Waals surface area (Å²) in [5.74, 6) is 0. The molecule has 1 aromatic carbocycles. The van der Waals surface area contributed by atoms with E-state index in [-0.39, 0.29) is 0 Å². The maximum Gasteiger partial charge on any atom is 0.147 e. The fourth-order valence-electron chi connectivity index (χ4n) is 2.16. The molecule has 18 heavy (non-hydrogen) atoms. The first-order chi connectivity index (χ1) is 8.69. The lowest BCUT2D eigenvalue weighted by atomic mass is 9.94. The number of nitrogens with zero attached hydrogens (tertiary/aromatic N) is 2. The number of imidazole rings is 1. The third kappa shape index (κ3) is 1.58. The molecule has 0 fully saturated rings. The molecule has 0 aliphatic rings. The van der Waals surface area contributed by atoms with Gasteiger partial charge in [0.1, 0.15) is 5.60 Å². The molecular formula is C14H13N3O. The normalized spacial score (nSPS) is 14.6. The van der Waals surface area contributed by atoms with E-state index in [4.69, 9.17) is 0 Å². The molecule has 4 heteroatoms. The number of hydrogen-bond donors (Lipinski definition) is 2. The Kier molecular flexibility index (Phi) is 2.38. The van der Waals surface area contributed by atoms with Crippen LogP contribution in [0, 0.1) is 0 Å². The summed E-state index contributed by atoms with van der Waals surface area (Å²) >= 11 is 0. The molecule has 0 bridgehead atoms. The van der Waals surface area contributed by atoms with Gasteiger partial charge in [0.25, 0.3) is 0 Å². The second-order valence-electron chi connectivity index (χ2n) is 4.41. The monoisotopic (exact) mass is 239 g/mol. The zero-order valence-corrected chi connectivity index (χ0v) is 9.96. The molecule has 0 amide bonds. The van der Waals surface area contributed by atoms with Gasteiger partial charge in [-0.2, -0.15) is 0 Å². The highest BCUT2D eigenvalue weighted by molar-refractivity contribution is 5.85. The number of hydrogen-bond acceptors (Lipinski definition) is 3. The number of aromatic amines is 1. The van der Waals surface area contributed by atoms with Crippen LogP contribution in [0.5, 0.6) is 0 Å². The third-order valence-electron chi connectivity index (χ3n) is 3.13. The number of aromatic nitrogens is 3. The van der Waals surface area contributed by atoms with Gasteiger partial charge in [0.05, 0.1) is 17.7 Å². The van der Waals surface area contributed by atoms with Gasteiger partial charge in [-0.25, -0.2) is 4.98 Å². The lowest BCUT2D eigenvalue weighted by Gasteiger charge is -2.22. The minimum absolute atomic E-state index is 0.561. The maximum atomic E-state index is 10.7. The van der Waals surface area contributed by atoms with Gasteiger partial charge >= 0.3 is 0 Å². The average Bonchev–Trinajstić information content (AvgIpc) is 2.92. The molecule has 4 nitrogen and oxygen atoms in total. The summed E-state index contributed by atoms with van der Waals surface area (Å²) in [5, 5.41) is 12.7. The molecule has 0 spiro atoms. The van der Waals surface area contributed by atoms with Crippen molar-refractivity contribution in [2.75, 3.05) is 0 Å². The number of fused-ring (bicyclic) bond motifs is 1. The predicted octanol–water partition coefficient (Wildman–Crippen LogP) is 2.21. The van der Waals surface area contributed by atoms with Crippen LogP contribution in [0.25, 0.3) is 10.8 Å². The van der Waals surface area contributed by atoms with Crippen molar-refractivity contribution < 1.29 is 5.11 Å². The molecule has 2 N–H and O–H groups in total. The van der Waals surface area contributed by atoms with Crippen molar-refractivity contribution in [1.82, 2.24) is 15.0 Å². The van der Waals surface area contributed by atoms with E-state index in [2.05, 4.69) is 15.0 Å². The summed E-state index contributed by atoms with van der Waals surface area (Å²) < 4.78 is 0. The van der Waals surface area contributed by atoms with E-state index in [0.717, 1.165) is 10.8 Å². The molecule has 2 heterocycles. The molecule has 90 valence electrons. The molecular weight excluding hydrogens is 226 g/mol. The van der Waals surface area contributed by atoms with Gasteiger partial charge in [0, 0.05) is 17.8 Å². The standard InChI is InChI=1S/C14H13N3O/c1-14(18,12-8-15-9-17-12)13-11-5-3-2-4-10(11)6-7-16-13/h2-9,18H,1H3,(H,15,17). The zero-order chi connectivity index (χ0) is 12.6. The summed E-state index contributed by atoms with van der Waals surface area (Å²) in [6.45, 7) is 1.71. The minimum atomic E-state index is -1.21. The van der Waals surface area contributed by atoms with Crippen LogP contribution in [-0.2, 0) is 5.60 Å². The van der Waals surface area contributed by atoms with Gasteiger partial charge in [-0.05, 0) is 18.4 Å². The van der Waals surface area contributed by atoms with Crippen molar-refractivity contribution in [2.24, 2.45) is 0 Å². The van der Waals surface area contributed by atoms with Crippen LogP contribution >= 0.6 is 0 Å². The summed E-state index contributed by atoms with van der Waals surface area (Å²) in [5.41, 5.74) is -0.0278. The van der Waals surface area contributed by atoms with Gasteiger partial charge in [0.15, 0.2) is 0 Å². The molecule has 3 aromatic rings. The number of rotatable bonds is 2. The van der Waals surface area contributed by atoms with E-state index < -0.39 is 5.60 Å². The van der Waals surface area contributed by atoms with E-state index in [1.54, 1.807) is 25.6 Å². The van der Waals surface area contributed by atoms with Crippen molar-refractivity contribution in [1.29, 1.82) is 0 Å². The van der Waals surface area contributed by atoms with Gasteiger partial charge in [-0.3, -0.25) is 4.98 Å². The second-order valence-corrected chi connectivity index (χ2v) is 4.41. The first kappa shape index (κ1) is 10.9. The number of H-pyrrole nitrogens is 1. The third-order valence-corrected chi connectivity index (χ3v) is 3.13. The largest absolute Gasteiger partial charge is 0.377 e. The van der Waals surface area contributed by atoms with Crippen molar-refractivity contribution in [3.63, 3.8) is 0 Å². The van der Waals surface area contributed by atoms with Crippen LogP contribution in [0.3, 0.4) is 0 Å². The van der Waals surface area contributed by atoms with E-state index in [1.807, 2.05) is 30.3 Å². The molecule has 1 unspecified atom stereocenters. The highest BCUT2D eigenvalue weighted by atomic mass is 16.3. The van der Waals surface area contributed by atoms with Crippen LogP contribution in [0.4, 0.5) is 0 Å². The average molecular weight is 239 g/mol. The van der Waals surface area contributed by atoms with Crippen molar-refractivity contribution in [2.45, 2.75) is 12.5 Å². The van der Waals surface area contributed by atoms with E-state index >= 15 is 0 Å². The summed E-state index contributed by atoms with van der Waals surface area (Å²) in [6.07, 6.45) is 4.94. The topological polar surface area (TPSA) is 61.8 Å². The summed E-state index contributed by atoms with van der Waals surface area (Å²) in [4.78, 5) is 11.3. The molecule has 1 atom stereocenters. The van der Waals surface area contributed by atoms with E-state index in [1.165, 1.54) is 0 Å². The van der Waals surface area contributed by atoms with Crippen molar-refractivity contribution >= 4 is 10.8 Å². The number of nitrogens with one attached hydrogen (secondary N) is 1. The Bertz CT molecular complexity index is 669. The fourth-order valence-corrected chi connectivity index (χ4v) is 2.16. The lowest BCUT2D eigenvalue weighted by molar-refractivity contribution is 0.0948. The minimum Gasteiger partial charge on any atom is -0.377 e. The second kappa shape index (κ2) is 3.92. The van der Waals surface area contributed by atoms with Crippen LogP contribution in [-0.4, -0.2) is 20.1 Å². The Morgan fingerprint density at radius 1 is 1.17 bits per heavy atom. The molecule has 0 aliphatic heterocycles. The van der Waals surface area contributed by atoms with E-state index in [9.17, 15) is 5.11 Å². The number of aliphatic hydroxyl groups is 1. The van der Waals surface area contributed by atoms with Crippen molar-refractivity contribution in [3.8, 4) is 0 Å². The van der Waals surface area contributed by atoms with Crippen LogP contribution in [0.1, 0.15) is 18.3 Å². The first-order valence-corrected chi connectivity index (χ1v) is 5.75. The van der Waals surface area contributed by atoms with Gasteiger partial charge < -0.3 is 10.1 Å². The molecule has 3 rings (SSSR count). The SMILES string of the molecule is CC(O)(c1c[nH]cn1)c1nccc2ccccc12. The Morgan fingerprint density at radius 2 is 2.00 bits per heavy atom. The predicted molar refractivity (Wildman–Crippen MR) is 69.0 cm³/mol. The lowest BCUT2D eigenvalue weighted by Crippen LogP contribution is -2.25. The number of benzene rings is 1. The Morgan fingerprint density at radius 3 is 2.78 bits per heavy atom. The number of pyridine rings is 1. The first-order valence-electron chi connectivity index (χ1n) is 5.75. The van der Waals surface area contributed by atoms with Crippen molar-refractivity contribution in [3.05, 3.63) is 60.4 Å². The zero-order valence-electron chi connectivity index (χ0n) is 9.96. The van der Waals surface area contributed by atoms with Gasteiger partial charge in [-0.15, -0.1) is 0 Å². The van der Waals surface area contributed by atoms with Crippen LogP contribution in [0.2, 0.25) is 0 Å². The smallest absolute Gasteiger partial charge is 0.147 e. The highest BCUT2D eigenvalue weighted by Crippen LogP contribution is 2.30. The summed E-state index contributed by atoms with van der Waals surface area (Å²) in [6, 6.07) is 9.79. The summed E-state index contributed by atoms with van der Waals surface area (Å²) in [7, 11) is 0. The molecule has 0 radical (unpaired) electrons. The maximum absolute atomic E-state index is 10.7. The Labute approximate surface area is 104 Å². The van der Waals surface area contributed by atoms with Crippen LogP contribution in [0.15, 0.2) is 49.1 Å². The van der Waals surface area contributed by atoms with E-state index in [0.29, 0.717) is 11.4 Å². The Balaban J connectivity index is 2.26. The molecule has 0 saturated heterocycles. The Hall–Kier alpha value is -2.20. The molecule has 2 aromatic heterocycles. The van der Waals surface area contributed by atoms with Gasteiger partial charge in [0.2, 0.25) is 0 Å².